The average molecular weight is 422 g/mol. The van der Waals surface area contributed by atoms with E-state index in [0.717, 1.165) is 42.1 Å². The van der Waals surface area contributed by atoms with Gasteiger partial charge < -0.3 is 15.5 Å². The first-order valence-corrected chi connectivity index (χ1v) is 11.3. The van der Waals surface area contributed by atoms with E-state index in [4.69, 9.17) is 4.98 Å². The van der Waals surface area contributed by atoms with Gasteiger partial charge >= 0.3 is 0 Å². The zero-order chi connectivity index (χ0) is 21.5. The molecule has 0 radical (unpaired) electrons. The third kappa shape index (κ3) is 3.84. The first-order chi connectivity index (χ1) is 15.0. The van der Waals surface area contributed by atoms with Gasteiger partial charge in [-0.15, -0.1) is 0 Å². The smallest absolute Gasteiger partial charge is 0.269 e. The number of rotatable bonds is 5. The van der Waals surface area contributed by atoms with Crippen LogP contribution in [0.25, 0.3) is 0 Å². The minimum atomic E-state index is -0.188. The van der Waals surface area contributed by atoms with Crippen LogP contribution in [0.3, 0.4) is 0 Å². The second kappa shape index (κ2) is 8.07. The molecule has 1 saturated carbocycles. The summed E-state index contributed by atoms with van der Waals surface area (Å²) in [7, 11) is 1.60. The largest absolute Gasteiger partial charge is 0.354 e. The van der Waals surface area contributed by atoms with Gasteiger partial charge in [0.2, 0.25) is 5.95 Å². The van der Waals surface area contributed by atoms with Crippen LogP contribution in [0.4, 0.5) is 17.5 Å². The number of carbonyl (C=O) groups is 1. The van der Waals surface area contributed by atoms with Crippen molar-refractivity contribution in [2.45, 2.75) is 57.7 Å². The molecular weight excluding hydrogens is 390 g/mol. The van der Waals surface area contributed by atoms with E-state index in [9.17, 15) is 4.79 Å². The normalized spacial score (nSPS) is 27.6. The van der Waals surface area contributed by atoms with Gasteiger partial charge in [-0.05, 0) is 56.2 Å². The maximum absolute atomic E-state index is 11.9. The predicted octanol–water partition coefficient (Wildman–Crippen LogP) is 2.73. The Kier molecular flexibility index (Phi) is 5.25. The van der Waals surface area contributed by atoms with E-state index in [2.05, 4.69) is 37.3 Å². The molecule has 2 aliphatic heterocycles. The molecular formula is C23H31N7O. The third-order valence-electron chi connectivity index (χ3n) is 7.05. The summed E-state index contributed by atoms with van der Waals surface area (Å²) in [5.74, 6) is 2.23. The topological polar surface area (TPSA) is 86.3 Å². The Balaban J connectivity index is 1.28. The Hall–Kier alpha value is -2.74. The fourth-order valence-corrected chi connectivity index (χ4v) is 5.54. The zero-order valence-electron chi connectivity index (χ0n) is 18.5. The van der Waals surface area contributed by atoms with Crippen molar-refractivity contribution < 1.29 is 4.79 Å². The van der Waals surface area contributed by atoms with E-state index in [1.807, 2.05) is 25.3 Å². The number of fused-ring (bicyclic) bond motifs is 2. The lowest BCUT2D eigenvalue weighted by molar-refractivity contribution is 0.0339. The highest BCUT2D eigenvalue weighted by atomic mass is 16.1. The molecule has 2 aromatic heterocycles. The second-order valence-electron chi connectivity index (χ2n) is 9.30. The van der Waals surface area contributed by atoms with Gasteiger partial charge in [0.05, 0.1) is 11.9 Å². The van der Waals surface area contributed by atoms with Crippen LogP contribution >= 0.6 is 0 Å². The van der Waals surface area contributed by atoms with E-state index in [-0.39, 0.29) is 5.91 Å². The molecule has 3 aliphatic rings. The minimum absolute atomic E-state index is 0.188. The summed E-state index contributed by atoms with van der Waals surface area (Å²) >= 11 is 0. The molecule has 164 valence electrons. The van der Waals surface area contributed by atoms with Gasteiger partial charge in [-0.3, -0.25) is 9.69 Å². The lowest BCUT2D eigenvalue weighted by Gasteiger charge is -2.50. The summed E-state index contributed by atoms with van der Waals surface area (Å²) in [6.07, 6.45) is 8.77. The maximum Gasteiger partial charge on any atom is 0.269 e. The van der Waals surface area contributed by atoms with Gasteiger partial charge in [-0.25, -0.2) is 9.97 Å². The van der Waals surface area contributed by atoms with Crippen LogP contribution < -0.4 is 15.5 Å². The molecule has 8 heteroatoms. The van der Waals surface area contributed by atoms with Crippen LogP contribution in [-0.2, 0) is 0 Å². The number of aromatic nitrogens is 3. The van der Waals surface area contributed by atoms with Gasteiger partial charge in [-0.2, -0.15) is 4.98 Å². The van der Waals surface area contributed by atoms with Gasteiger partial charge in [0.25, 0.3) is 5.91 Å². The zero-order valence-corrected chi connectivity index (χ0v) is 18.5. The van der Waals surface area contributed by atoms with Crippen molar-refractivity contribution in [2.24, 2.45) is 5.92 Å². The van der Waals surface area contributed by atoms with Crippen molar-refractivity contribution in [3.8, 4) is 0 Å². The van der Waals surface area contributed by atoms with Gasteiger partial charge in [0.15, 0.2) is 0 Å². The average Bonchev–Trinajstić information content (AvgIpc) is 2.99. The van der Waals surface area contributed by atoms with Crippen molar-refractivity contribution in [2.75, 3.05) is 30.4 Å². The van der Waals surface area contributed by atoms with E-state index in [0.29, 0.717) is 23.7 Å². The summed E-state index contributed by atoms with van der Waals surface area (Å²) in [4.78, 5) is 30.6. The van der Waals surface area contributed by atoms with E-state index < -0.39 is 0 Å². The molecule has 2 atom stereocenters. The van der Waals surface area contributed by atoms with Crippen molar-refractivity contribution in [3.63, 3.8) is 0 Å². The summed E-state index contributed by atoms with van der Waals surface area (Å²) in [5, 5.41) is 5.85. The molecule has 0 spiro atoms. The van der Waals surface area contributed by atoms with Gasteiger partial charge in [0.1, 0.15) is 11.5 Å². The summed E-state index contributed by atoms with van der Waals surface area (Å²) in [6.45, 7) is 6.32. The van der Waals surface area contributed by atoms with Crippen LogP contribution in [0.5, 0.6) is 0 Å². The first-order valence-electron chi connectivity index (χ1n) is 11.3. The molecule has 0 aromatic carbocycles. The number of piperazine rings is 1. The highest BCUT2D eigenvalue weighted by Gasteiger charge is 2.46. The molecule has 31 heavy (non-hydrogen) atoms. The third-order valence-corrected chi connectivity index (χ3v) is 7.05. The molecule has 5 rings (SSSR count). The van der Waals surface area contributed by atoms with Crippen LogP contribution in [0.1, 0.15) is 48.7 Å². The molecule has 2 saturated heterocycles. The summed E-state index contributed by atoms with van der Waals surface area (Å²) in [5.41, 5.74) is 2.00. The molecule has 2 N–H and O–H groups in total. The standard InChI is InChI=1S/C23H31N7O/c1-14-8-19(9-14)30-17-4-5-18(30)13-29(12-17)20-6-7-25-23(28-20)27-16-10-15(2)21(26-11-16)22(31)24-3/h6-7,10-11,14,17-19H,4-5,8-9,12-13H2,1-3H3,(H,24,31)(H,25,27,28)/t14?,17-,18+,19?. The van der Waals surface area contributed by atoms with Crippen LogP contribution in [0.2, 0.25) is 0 Å². The molecule has 1 amide bonds. The SMILES string of the molecule is CNC(=O)c1ncc(Nc2nccc(N3C[C@H]4CC[C@@H](C3)N4C3CC(C)C3)n2)cc1C. The number of aryl methyl sites for hydroxylation is 1. The van der Waals surface area contributed by atoms with E-state index in [1.54, 1.807) is 13.2 Å². The fourth-order valence-electron chi connectivity index (χ4n) is 5.54. The molecule has 2 bridgehead atoms. The first kappa shape index (κ1) is 20.2. The van der Waals surface area contributed by atoms with Crippen molar-refractivity contribution in [3.05, 3.63) is 35.8 Å². The van der Waals surface area contributed by atoms with Gasteiger partial charge in [0, 0.05) is 44.5 Å². The van der Waals surface area contributed by atoms with Crippen molar-refractivity contribution in [1.82, 2.24) is 25.2 Å². The van der Waals surface area contributed by atoms with Crippen molar-refractivity contribution in [1.29, 1.82) is 0 Å². The second-order valence-corrected chi connectivity index (χ2v) is 9.30. The summed E-state index contributed by atoms with van der Waals surface area (Å²) in [6, 6.07) is 5.99. The number of hydrogen-bond acceptors (Lipinski definition) is 7. The molecule has 0 unspecified atom stereocenters. The van der Waals surface area contributed by atoms with Crippen molar-refractivity contribution >= 4 is 23.4 Å². The Morgan fingerprint density at radius 3 is 2.52 bits per heavy atom. The Morgan fingerprint density at radius 1 is 1.13 bits per heavy atom. The van der Waals surface area contributed by atoms with E-state index in [1.165, 1.54) is 25.7 Å². The quantitative estimate of drug-likeness (QED) is 0.768. The minimum Gasteiger partial charge on any atom is -0.354 e. The Bertz CT molecular complexity index is 960. The van der Waals surface area contributed by atoms with Gasteiger partial charge in [-0.1, -0.05) is 6.92 Å². The monoisotopic (exact) mass is 421 g/mol. The van der Waals surface area contributed by atoms with Crippen LogP contribution in [0.15, 0.2) is 24.5 Å². The number of nitrogens with zero attached hydrogens (tertiary/aromatic N) is 5. The molecule has 3 fully saturated rings. The lowest BCUT2D eigenvalue weighted by atomic mass is 9.80. The highest BCUT2D eigenvalue weighted by Crippen LogP contribution is 2.41. The Morgan fingerprint density at radius 2 is 1.87 bits per heavy atom. The molecule has 2 aromatic rings. The lowest BCUT2D eigenvalue weighted by Crippen LogP contribution is -2.60. The predicted molar refractivity (Wildman–Crippen MR) is 121 cm³/mol. The van der Waals surface area contributed by atoms with Crippen LogP contribution in [0, 0.1) is 12.8 Å². The van der Waals surface area contributed by atoms with Crippen LogP contribution in [-0.4, -0.2) is 64.0 Å². The number of amides is 1. The maximum atomic E-state index is 11.9. The number of hydrogen-bond donors (Lipinski definition) is 2. The summed E-state index contributed by atoms with van der Waals surface area (Å²) < 4.78 is 0. The Labute approximate surface area is 183 Å². The number of carbonyl (C=O) groups excluding carboxylic acids is 1. The number of anilines is 3. The fraction of sp³-hybridized carbons (Fsp3) is 0.565. The molecule has 8 nitrogen and oxygen atoms in total. The highest BCUT2D eigenvalue weighted by molar-refractivity contribution is 5.93. The number of pyridine rings is 1. The number of nitrogens with one attached hydrogen (secondary N) is 2. The molecule has 1 aliphatic carbocycles. The molecule has 4 heterocycles. The van der Waals surface area contributed by atoms with E-state index >= 15 is 0 Å².